The smallest absolute Gasteiger partial charge is 0.250 e. The summed E-state index contributed by atoms with van der Waals surface area (Å²) in [6, 6.07) is 7.32. The van der Waals surface area contributed by atoms with Crippen LogP contribution in [0.25, 0.3) is 0 Å². The average Bonchev–Trinajstić information content (AvgIpc) is 3.01. The van der Waals surface area contributed by atoms with E-state index in [9.17, 15) is 13.2 Å². The number of thioether (sulfide) groups is 1. The highest BCUT2D eigenvalue weighted by Gasteiger charge is 2.48. The zero-order valence-corrected chi connectivity index (χ0v) is 16.6. The molecule has 8 heteroatoms. The van der Waals surface area contributed by atoms with E-state index in [1.807, 2.05) is 43.0 Å². The fourth-order valence-corrected chi connectivity index (χ4v) is 7.07. The van der Waals surface area contributed by atoms with Crippen LogP contribution in [0.2, 0.25) is 5.02 Å². The number of benzene rings is 1. The normalized spacial score (nSPS) is 27.5. The van der Waals surface area contributed by atoms with E-state index in [2.05, 4.69) is 4.99 Å². The van der Waals surface area contributed by atoms with Crippen LogP contribution in [-0.2, 0) is 21.2 Å². The number of aliphatic imine (C=N–C) groups is 1. The maximum atomic E-state index is 12.3. The first-order valence-electron chi connectivity index (χ1n) is 8.29. The van der Waals surface area contributed by atoms with Crippen LogP contribution in [0.3, 0.4) is 0 Å². The predicted octanol–water partition coefficient (Wildman–Crippen LogP) is 2.98. The predicted molar refractivity (Wildman–Crippen MR) is 103 cm³/mol. The SMILES string of the molecule is CC[C@@H](C)C(=O)N=C1S[C@H]2CS(=O)(=O)C[C@H]2N1Cc1ccc(Cl)cc1. The first-order chi connectivity index (χ1) is 11.8. The van der Waals surface area contributed by atoms with Crippen LogP contribution in [0, 0.1) is 5.92 Å². The lowest BCUT2D eigenvalue weighted by molar-refractivity contribution is -0.121. The molecule has 0 unspecified atom stereocenters. The minimum absolute atomic E-state index is 0.0548. The van der Waals surface area contributed by atoms with Crippen molar-refractivity contribution in [2.24, 2.45) is 10.9 Å². The Balaban J connectivity index is 1.88. The lowest BCUT2D eigenvalue weighted by Crippen LogP contribution is -2.37. The maximum Gasteiger partial charge on any atom is 0.250 e. The number of nitrogens with zero attached hydrogens (tertiary/aromatic N) is 2. The second-order valence-electron chi connectivity index (χ2n) is 6.60. The zero-order valence-electron chi connectivity index (χ0n) is 14.2. The van der Waals surface area contributed by atoms with E-state index in [0.29, 0.717) is 16.7 Å². The standard InChI is InChI=1S/C17H21ClN2O3S2/c1-3-11(2)16(21)19-17-20(8-12-4-6-13(18)7-5-12)14-9-25(22,23)10-15(14)24-17/h4-7,11,14-15H,3,8-10H2,1-2H3/t11-,14-,15+/m1/s1. The number of carbonyl (C=O) groups excluding carboxylic acids is 1. The van der Waals surface area contributed by atoms with Gasteiger partial charge >= 0.3 is 0 Å². The summed E-state index contributed by atoms with van der Waals surface area (Å²) in [6.07, 6.45) is 0.735. The summed E-state index contributed by atoms with van der Waals surface area (Å²) in [4.78, 5) is 18.6. The molecule has 2 heterocycles. The van der Waals surface area contributed by atoms with E-state index in [0.717, 1.165) is 12.0 Å². The Bertz CT molecular complexity index is 793. The molecule has 1 amide bonds. The Kier molecular flexibility index (Phi) is 5.46. The first-order valence-corrected chi connectivity index (χ1v) is 11.4. The molecule has 0 aliphatic carbocycles. The number of halogens is 1. The Morgan fingerprint density at radius 1 is 1.36 bits per heavy atom. The highest BCUT2D eigenvalue weighted by atomic mass is 35.5. The monoisotopic (exact) mass is 400 g/mol. The average molecular weight is 401 g/mol. The second-order valence-corrected chi connectivity index (χ2v) is 10.4. The van der Waals surface area contributed by atoms with Gasteiger partial charge in [0.15, 0.2) is 15.0 Å². The molecule has 25 heavy (non-hydrogen) atoms. The van der Waals surface area contributed by atoms with E-state index in [4.69, 9.17) is 11.6 Å². The Morgan fingerprint density at radius 3 is 2.68 bits per heavy atom. The summed E-state index contributed by atoms with van der Waals surface area (Å²) in [7, 11) is -3.03. The molecule has 0 saturated carbocycles. The van der Waals surface area contributed by atoms with Crippen LogP contribution in [0.15, 0.2) is 29.3 Å². The molecule has 0 aromatic heterocycles. The van der Waals surface area contributed by atoms with E-state index in [-0.39, 0.29) is 34.6 Å². The molecular weight excluding hydrogens is 380 g/mol. The number of amidine groups is 1. The third kappa shape index (κ3) is 4.20. The fraction of sp³-hybridized carbons (Fsp3) is 0.529. The Morgan fingerprint density at radius 2 is 2.04 bits per heavy atom. The summed E-state index contributed by atoms with van der Waals surface area (Å²) >= 11 is 7.36. The van der Waals surface area contributed by atoms with E-state index >= 15 is 0 Å². The van der Waals surface area contributed by atoms with Gasteiger partial charge in [-0.05, 0) is 24.1 Å². The Hall–Kier alpha value is -1.05. The van der Waals surface area contributed by atoms with Crippen LogP contribution in [0.1, 0.15) is 25.8 Å². The van der Waals surface area contributed by atoms with Gasteiger partial charge in [-0.3, -0.25) is 4.79 Å². The number of carbonyl (C=O) groups is 1. The molecule has 0 spiro atoms. The van der Waals surface area contributed by atoms with Crippen LogP contribution >= 0.6 is 23.4 Å². The van der Waals surface area contributed by atoms with Gasteiger partial charge in [0.2, 0.25) is 0 Å². The summed E-state index contributed by atoms with van der Waals surface area (Å²) in [5.41, 5.74) is 1.01. The lowest BCUT2D eigenvalue weighted by atomic mass is 10.1. The van der Waals surface area contributed by atoms with Crippen molar-refractivity contribution in [3.8, 4) is 0 Å². The van der Waals surface area contributed by atoms with Crippen molar-refractivity contribution in [3.05, 3.63) is 34.9 Å². The largest absolute Gasteiger partial charge is 0.342 e. The molecule has 0 N–H and O–H groups in total. The second kappa shape index (κ2) is 7.29. The third-order valence-corrected chi connectivity index (χ3v) is 8.18. The fourth-order valence-electron chi connectivity index (χ4n) is 2.99. The van der Waals surface area contributed by atoms with Crippen LogP contribution in [-0.4, -0.2) is 47.2 Å². The molecule has 0 radical (unpaired) electrons. The van der Waals surface area contributed by atoms with Crippen LogP contribution in [0.4, 0.5) is 0 Å². The van der Waals surface area contributed by atoms with Crippen molar-refractivity contribution in [3.63, 3.8) is 0 Å². The molecule has 2 aliphatic rings. The molecule has 0 bridgehead atoms. The molecule has 3 atom stereocenters. The number of sulfone groups is 1. The van der Waals surface area contributed by atoms with Gasteiger partial charge < -0.3 is 4.90 Å². The van der Waals surface area contributed by atoms with E-state index < -0.39 is 9.84 Å². The molecule has 136 valence electrons. The third-order valence-electron chi connectivity index (χ3n) is 4.68. The van der Waals surface area contributed by atoms with Crippen molar-refractivity contribution in [2.45, 2.75) is 38.1 Å². The van der Waals surface area contributed by atoms with Crippen molar-refractivity contribution in [1.82, 2.24) is 4.90 Å². The van der Waals surface area contributed by atoms with Gasteiger partial charge in [0.05, 0.1) is 17.5 Å². The molecule has 2 saturated heterocycles. The lowest BCUT2D eigenvalue weighted by Gasteiger charge is -2.24. The molecule has 1 aromatic rings. The van der Waals surface area contributed by atoms with Gasteiger partial charge in [-0.2, -0.15) is 4.99 Å². The first kappa shape index (κ1) is 18.7. The molecule has 2 aliphatic heterocycles. The molecular formula is C17H21ClN2O3S2. The van der Waals surface area contributed by atoms with Gasteiger partial charge in [-0.1, -0.05) is 49.3 Å². The highest BCUT2D eigenvalue weighted by molar-refractivity contribution is 8.15. The molecule has 5 nitrogen and oxygen atoms in total. The van der Waals surface area contributed by atoms with Gasteiger partial charge in [-0.15, -0.1) is 0 Å². The molecule has 1 aromatic carbocycles. The zero-order chi connectivity index (χ0) is 18.2. The van der Waals surface area contributed by atoms with Crippen molar-refractivity contribution >= 4 is 44.3 Å². The van der Waals surface area contributed by atoms with Crippen molar-refractivity contribution in [2.75, 3.05) is 11.5 Å². The summed E-state index contributed by atoms with van der Waals surface area (Å²) in [6.45, 7) is 4.34. The number of rotatable bonds is 4. The maximum absolute atomic E-state index is 12.3. The minimum atomic E-state index is -3.03. The van der Waals surface area contributed by atoms with Crippen molar-refractivity contribution < 1.29 is 13.2 Å². The van der Waals surface area contributed by atoms with Crippen LogP contribution in [0.5, 0.6) is 0 Å². The quantitative estimate of drug-likeness (QED) is 0.777. The van der Waals surface area contributed by atoms with Gasteiger partial charge in [0.1, 0.15) is 0 Å². The summed E-state index contributed by atoms with van der Waals surface area (Å²) < 4.78 is 24.0. The van der Waals surface area contributed by atoms with E-state index in [1.165, 1.54) is 11.8 Å². The highest BCUT2D eigenvalue weighted by Crippen LogP contribution is 2.39. The summed E-state index contributed by atoms with van der Waals surface area (Å²) in [5.74, 6) is -0.00581. The number of amides is 1. The topological polar surface area (TPSA) is 66.8 Å². The van der Waals surface area contributed by atoms with Crippen LogP contribution < -0.4 is 0 Å². The summed E-state index contributed by atoms with van der Waals surface area (Å²) in [5, 5.41) is 1.24. The molecule has 3 rings (SSSR count). The molecule has 2 fully saturated rings. The van der Waals surface area contributed by atoms with Gasteiger partial charge in [0.25, 0.3) is 5.91 Å². The Labute approximate surface area is 157 Å². The van der Waals surface area contributed by atoms with Crippen molar-refractivity contribution in [1.29, 1.82) is 0 Å². The van der Waals surface area contributed by atoms with Gasteiger partial charge in [0, 0.05) is 22.7 Å². The number of fused-ring (bicyclic) bond motifs is 1. The minimum Gasteiger partial charge on any atom is -0.342 e. The number of hydrogen-bond donors (Lipinski definition) is 0. The number of hydrogen-bond acceptors (Lipinski definition) is 4. The van der Waals surface area contributed by atoms with E-state index in [1.54, 1.807) is 0 Å². The van der Waals surface area contributed by atoms with Gasteiger partial charge in [-0.25, -0.2) is 8.42 Å².